The summed E-state index contributed by atoms with van der Waals surface area (Å²) in [5.74, 6) is -0.722. The van der Waals surface area contributed by atoms with Crippen LogP contribution in [0, 0.1) is 11.6 Å². The zero-order valence-electron chi connectivity index (χ0n) is 13.5. The van der Waals surface area contributed by atoms with Crippen molar-refractivity contribution in [1.82, 2.24) is 5.32 Å². The maximum Gasteiger partial charge on any atom is 0.223 e. The van der Waals surface area contributed by atoms with E-state index in [1.165, 1.54) is 6.07 Å². The number of hydrogen-bond donors (Lipinski definition) is 1. The average molecular weight is 335 g/mol. The second-order valence-corrected chi connectivity index (χ2v) is 5.24. The van der Waals surface area contributed by atoms with Gasteiger partial charge in [0.1, 0.15) is 11.5 Å². The van der Waals surface area contributed by atoms with E-state index in [-0.39, 0.29) is 18.9 Å². The number of amides is 1. The van der Waals surface area contributed by atoms with Crippen LogP contribution in [-0.2, 0) is 4.79 Å². The fraction of sp³-hybridized carbons (Fsp3) is 0.278. The third-order valence-electron chi connectivity index (χ3n) is 3.48. The predicted molar refractivity (Wildman–Crippen MR) is 86.0 cm³/mol. The lowest BCUT2D eigenvalue weighted by Crippen LogP contribution is -2.28. The summed E-state index contributed by atoms with van der Waals surface area (Å²) in [6, 6.07) is 10.2. The Morgan fingerprint density at radius 3 is 2.38 bits per heavy atom. The zero-order valence-corrected chi connectivity index (χ0v) is 13.5. The quantitative estimate of drug-likeness (QED) is 0.841. The minimum Gasteiger partial charge on any atom is -0.497 e. The van der Waals surface area contributed by atoms with Crippen LogP contribution in [-0.4, -0.2) is 19.6 Å². The van der Waals surface area contributed by atoms with Crippen molar-refractivity contribution in [1.29, 1.82) is 0 Å². The van der Waals surface area contributed by atoms with Crippen molar-refractivity contribution in [3.63, 3.8) is 0 Å². The van der Waals surface area contributed by atoms with Crippen molar-refractivity contribution in [2.45, 2.75) is 19.4 Å². The van der Waals surface area contributed by atoms with E-state index < -0.39 is 17.7 Å². The number of nitrogens with one attached hydrogen (secondary N) is 1. The lowest BCUT2D eigenvalue weighted by atomic mass is 10.1. The van der Waals surface area contributed by atoms with Gasteiger partial charge in [-0.3, -0.25) is 4.79 Å². The molecule has 2 aromatic rings. The molecule has 128 valence electrons. The molecule has 0 bridgehead atoms. The predicted octanol–water partition coefficient (Wildman–Crippen LogP) is 3.62. The standard InChI is InChI=1S/C18H19F2NO3/c1-12(13-3-8-16(19)17(20)11-13)21-18(22)9-10-24-15-6-4-14(23-2)5-7-15/h3-8,11-12H,9-10H2,1-2H3,(H,21,22). The lowest BCUT2D eigenvalue weighted by Gasteiger charge is -2.15. The SMILES string of the molecule is COc1ccc(OCCC(=O)NC(C)c2ccc(F)c(F)c2)cc1. The summed E-state index contributed by atoms with van der Waals surface area (Å²) in [7, 11) is 1.58. The van der Waals surface area contributed by atoms with Crippen LogP contribution in [0.1, 0.15) is 24.9 Å². The van der Waals surface area contributed by atoms with Crippen molar-refractivity contribution in [3.8, 4) is 11.5 Å². The molecule has 1 amide bonds. The number of carbonyl (C=O) groups is 1. The summed E-state index contributed by atoms with van der Waals surface area (Å²) in [4.78, 5) is 11.9. The van der Waals surface area contributed by atoms with Crippen LogP contribution >= 0.6 is 0 Å². The first-order chi connectivity index (χ1) is 11.5. The molecular weight excluding hydrogens is 316 g/mol. The Balaban J connectivity index is 1.78. The van der Waals surface area contributed by atoms with Gasteiger partial charge in [0.15, 0.2) is 11.6 Å². The maximum atomic E-state index is 13.2. The number of methoxy groups -OCH3 is 1. The van der Waals surface area contributed by atoms with Gasteiger partial charge in [0.2, 0.25) is 5.91 Å². The van der Waals surface area contributed by atoms with Gasteiger partial charge in [-0.15, -0.1) is 0 Å². The van der Waals surface area contributed by atoms with Crippen molar-refractivity contribution >= 4 is 5.91 Å². The van der Waals surface area contributed by atoms with Crippen LogP contribution in [0.3, 0.4) is 0 Å². The molecule has 0 spiro atoms. The highest BCUT2D eigenvalue weighted by Gasteiger charge is 2.12. The molecule has 0 aromatic heterocycles. The summed E-state index contributed by atoms with van der Waals surface area (Å²) in [6.45, 7) is 1.91. The van der Waals surface area contributed by atoms with Crippen LogP contribution in [0.2, 0.25) is 0 Å². The molecule has 0 aliphatic carbocycles. The molecule has 0 fully saturated rings. The normalized spacial score (nSPS) is 11.7. The van der Waals surface area contributed by atoms with Gasteiger partial charge in [-0.2, -0.15) is 0 Å². The van der Waals surface area contributed by atoms with Crippen molar-refractivity contribution < 1.29 is 23.0 Å². The topological polar surface area (TPSA) is 47.6 Å². The van der Waals surface area contributed by atoms with Gasteiger partial charge in [0.05, 0.1) is 26.2 Å². The van der Waals surface area contributed by atoms with E-state index in [9.17, 15) is 13.6 Å². The molecule has 1 atom stereocenters. The highest BCUT2D eigenvalue weighted by molar-refractivity contribution is 5.76. The molecule has 0 heterocycles. The molecule has 0 saturated carbocycles. The van der Waals surface area contributed by atoms with Gasteiger partial charge < -0.3 is 14.8 Å². The Bertz CT molecular complexity index is 689. The number of rotatable bonds is 7. The minimum atomic E-state index is -0.934. The van der Waals surface area contributed by atoms with E-state index in [1.54, 1.807) is 38.3 Å². The monoisotopic (exact) mass is 335 g/mol. The van der Waals surface area contributed by atoms with E-state index in [0.29, 0.717) is 11.3 Å². The fourth-order valence-corrected chi connectivity index (χ4v) is 2.11. The highest BCUT2D eigenvalue weighted by Crippen LogP contribution is 2.18. The lowest BCUT2D eigenvalue weighted by molar-refractivity contribution is -0.122. The Hall–Kier alpha value is -2.63. The maximum absolute atomic E-state index is 13.2. The van der Waals surface area contributed by atoms with Gasteiger partial charge in [-0.25, -0.2) is 8.78 Å². The first kappa shape index (κ1) is 17.7. The fourth-order valence-electron chi connectivity index (χ4n) is 2.11. The molecule has 4 nitrogen and oxygen atoms in total. The first-order valence-electron chi connectivity index (χ1n) is 7.50. The van der Waals surface area contributed by atoms with Crippen molar-refractivity contribution in [2.24, 2.45) is 0 Å². The van der Waals surface area contributed by atoms with E-state index in [1.807, 2.05) is 0 Å². The zero-order chi connectivity index (χ0) is 17.5. The van der Waals surface area contributed by atoms with Crippen molar-refractivity contribution in [2.75, 3.05) is 13.7 Å². The molecule has 1 unspecified atom stereocenters. The van der Waals surface area contributed by atoms with Crippen LogP contribution in [0.25, 0.3) is 0 Å². The number of hydrogen-bond acceptors (Lipinski definition) is 3. The van der Waals surface area contributed by atoms with Crippen molar-refractivity contribution in [3.05, 3.63) is 59.7 Å². The molecule has 6 heteroatoms. The molecule has 0 radical (unpaired) electrons. The smallest absolute Gasteiger partial charge is 0.223 e. The Kier molecular flexibility index (Phi) is 6.12. The molecule has 24 heavy (non-hydrogen) atoms. The Morgan fingerprint density at radius 2 is 1.75 bits per heavy atom. The van der Waals surface area contributed by atoms with Gasteiger partial charge in [-0.05, 0) is 48.9 Å². The summed E-state index contributed by atoms with van der Waals surface area (Å²) >= 11 is 0. The largest absolute Gasteiger partial charge is 0.497 e. The van der Waals surface area contributed by atoms with Gasteiger partial charge in [0, 0.05) is 0 Å². The molecule has 0 aliphatic heterocycles. The second kappa shape index (κ2) is 8.29. The van der Waals surface area contributed by atoms with Crippen LogP contribution in [0.4, 0.5) is 8.78 Å². The Labute approximate surface area is 139 Å². The summed E-state index contributed by atoms with van der Waals surface area (Å²) in [5.41, 5.74) is 0.498. The number of benzene rings is 2. The summed E-state index contributed by atoms with van der Waals surface area (Å²) < 4.78 is 36.6. The third-order valence-corrected chi connectivity index (χ3v) is 3.48. The van der Waals surface area contributed by atoms with E-state index in [0.717, 1.165) is 17.9 Å². The Morgan fingerprint density at radius 1 is 1.08 bits per heavy atom. The van der Waals surface area contributed by atoms with Gasteiger partial charge >= 0.3 is 0 Å². The van der Waals surface area contributed by atoms with Crippen LogP contribution in [0.5, 0.6) is 11.5 Å². The van der Waals surface area contributed by atoms with Crippen LogP contribution in [0.15, 0.2) is 42.5 Å². The highest BCUT2D eigenvalue weighted by atomic mass is 19.2. The molecule has 0 aliphatic rings. The van der Waals surface area contributed by atoms with E-state index >= 15 is 0 Å². The molecule has 2 rings (SSSR count). The number of halogens is 2. The van der Waals surface area contributed by atoms with Crippen LogP contribution < -0.4 is 14.8 Å². The van der Waals surface area contributed by atoms with E-state index in [2.05, 4.69) is 5.32 Å². The van der Waals surface area contributed by atoms with E-state index in [4.69, 9.17) is 9.47 Å². The van der Waals surface area contributed by atoms with Gasteiger partial charge in [0.25, 0.3) is 0 Å². The second-order valence-electron chi connectivity index (χ2n) is 5.24. The summed E-state index contributed by atoms with van der Waals surface area (Å²) in [6.07, 6.45) is 0.153. The molecule has 1 N–H and O–H groups in total. The average Bonchev–Trinajstić information content (AvgIpc) is 2.58. The third kappa shape index (κ3) is 4.94. The summed E-state index contributed by atoms with van der Waals surface area (Å²) in [5, 5.41) is 2.72. The number of ether oxygens (including phenoxy) is 2. The first-order valence-corrected chi connectivity index (χ1v) is 7.50. The number of carbonyl (C=O) groups excluding carboxylic acids is 1. The minimum absolute atomic E-state index is 0.153. The molecule has 0 saturated heterocycles. The molecular formula is C18H19F2NO3. The molecule has 2 aromatic carbocycles. The van der Waals surface area contributed by atoms with Gasteiger partial charge in [-0.1, -0.05) is 6.07 Å².